The summed E-state index contributed by atoms with van der Waals surface area (Å²) in [6, 6.07) is 0. The monoisotopic (exact) mass is 552 g/mol. The first kappa shape index (κ1) is 35.0. The van der Waals surface area contributed by atoms with Crippen LogP contribution in [0.15, 0.2) is 36.0 Å². The first-order valence-corrected chi connectivity index (χ1v) is 14.3. The average molecular weight is 553 g/mol. The van der Waals surface area contributed by atoms with E-state index in [9.17, 15) is 30.0 Å². The fourth-order valence-corrected chi connectivity index (χ4v) is 4.87. The van der Waals surface area contributed by atoms with E-state index in [2.05, 4.69) is 0 Å². The molecule has 0 aromatic rings. The molecule has 0 aliphatic carbocycles. The second-order valence-electron chi connectivity index (χ2n) is 11.7. The average Bonchev–Trinajstić information content (AvgIpc) is 2.85. The van der Waals surface area contributed by atoms with E-state index in [0.717, 1.165) is 5.57 Å². The van der Waals surface area contributed by atoms with Gasteiger partial charge in [0.1, 0.15) is 17.8 Å². The molecule has 0 radical (unpaired) electrons. The van der Waals surface area contributed by atoms with Gasteiger partial charge in [0.2, 0.25) is 0 Å². The molecular weight excluding hydrogens is 500 g/mol. The van der Waals surface area contributed by atoms with E-state index >= 15 is 0 Å². The molecule has 4 N–H and O–H groups in total. The Morgan fingerprint density at radius 3 is 2.38 bits per heavy atom. The molecule has 0 bridgehead atoms. The largest absolute Gasteiger partial charge is 0.457 e. The van der Waals surface area contributed by atoms with Gasteiger partial charge >= 0.3 is 11.9 Å². The van der Waals surface area contributed by atoms with Crippen molar-refractivity contribution in [1.82, 2.24) is 0 Å². The predicted molar refractivity (Wildman–Crippen MR) is 152 cm³/mol. The highest BCUT2D eigenvalue weighted by atomic mass is 16.6. The Morgan fingerprint density at radius 2 is 1.79 bits per heavy atom. The summed E-state index contributed by atoms with van der Waals surface area (Å²) >= 11 is 0. The fourth-order valence-electron chi connectivity index (χ4n) is 4.87. The highest BCUT2D eigenvalue weighted by Crippen LogP contribution is 2.28. The fraction of sp³-hybridized carbons (Fsp3) is 0.742. The number of aliphatic hydroxyl groups is 4. The summed E-state index contributed by atoms with van der Waals surface area (Å²) in [5.74, 6) is -1.33. The molecule has 0 amide bonds. The van der Waals surface area contributed by atoms with E-state index in [1.54, 1.807) is 19.1 Å². The zero-order chi connectivity index (χ0) is 29.9. The maximum atomic E-state index is 12.6. The summed E-state index contributed by atoms with van der Waals surface area (Å²) in [5, 5.41) is 42.1. The number of carbonyl (C=O) groups is 2. The molecule has 0 saturated carbocycles. The summed E-state index contributed by atoms with van der Waals surface area (Å²) in [5.41, 5.74) is -0.639. The molecule has 10 atom stereocenters. The van der Waals surface area contributed by atoms with Gasteiger partial charge in [0.05, 0.1) is 24.7 Å². The third kappa shape index (κ3) is 12.0. The van der Waals surface area contributed by atoms with Gasteiger partial charge in [0.25, 0.3) is 0 Å². The molecule has 8 heteroatoms. The molecule has 1 aliphatic rings. The summed E-state index contributed by atoms with van der Waals surface area (Å²) in [4.78, 5) is 24.3. The number of allylic oxidation sites excluding steroid dienone is 3. The first-order chi connectivity index (χ1) is 18.1. The molecule has 0 aromatic heterocycles. The van der Waals surface area contributed by atoms with Crippen LogP contribution in [0.4, 0.5) is 0 Å². The standard InChI is InChI=1S/C31H52O8/c1-9-26(34)22(5)23(6)27(35)17-19(2)11-10-12-20(3)30-21(4)13-14-28(38-24(7)32)31(8,37)16-15-25(33)18-29(36)39-30/h10-14,19,21-23,25-28,30,33-35,37H,9,15-18H2,1-8H3. The molecule has 39 heavy (non-hydrogen) atoms. The Hall–Kier alpha value is -2.00. The molecule has 224 valence electrons. The van der Waals surface area contributed by atoms with Gasteiger partial charge in [-0.1, -0.05) is 58.9 Å². The van der Waals surface area contributed by atoms with Crippen LogP contribution >= 0.6 is 0 Å². The second kappa shape index (κ2) is 16.3. The van der Waals surface area contributed by atoms with Crippen LogP contribution in [0.1, 0.15) is 87.5 Å². The van der Waals surface area contributed by atoms with E-state index < -0.39 is 48.1 Å². The van der Waals surface area contributed by atoms with E-state index in [-0.39, 0.29) is 42.9 Å². The maximum absolute atomic E-state index is 12.6. The van der Waals surface area contributed by atoms with Crippen molar-refractivity contribution < 1.29 is 39.5 Å². The van der Waals surface area contributed by atoms with E-state index in [4.69, 9.17) is 9.47 Å². The van der Waals surface area contributed by atoms with Crippen molar-refractivity contribution in [2.75, 3.05) is 0 Å². The Kier molecular flexibility index (Phi) is 14.6. The number of rotatable bonds is 10. The highest BCUT2D eigenvalue weighted by Gasteiger charge is 2.35. The van der Waals surface area contributed by atoms with Gasteiger partial charge < -0.3 is 29.9 Å². The molecule has 1 aliphatic heterocycles. The van der Waals surface area contributed by atoms with Crippen LogP contribution in [-0.2, 0) is 19.1 Å². The minimum atomic E-state index is -1.42. The van der Waals surface area contributed by atoms with Crippen LogP contribution in [0.5, 0.6) is 0 Å². The Morgan fingerprint density at radius 1 is 1.18 bits per heavy atom. The third-order valence-electron chi connectivity index (χ3n) is 7.94. The lowest BCUT2D eigenvalue weighted by molar-refractivity contribution is -0.157. The van der Waals surface area contributed by atoms with E-state index in [0.29, 0.717) is 12.8 Å². The van der Waals surface area contributed by atoms with Crippen LogP contribution in [0.3, 0.4) is 0 Å². The van der Waals surface area contributed by atoms with Gasteiger partial charge in [-0.15, -0.1) is 0 Å². The molecular formula is C31H52O8. The lowest BCUT2D eigenvalue weighted by Crippen LogP contribution is -2.42. The van der Waals surface area contributed by atoms with Crippen molar-refractivity contribution in [3.63, 3.8) is 0 Å². The van der Waals surface area contributed by atoms with Crippen molar-refractivity contribution in [2.45, 2.75) is 124 Å². The van der Waals surface area contributed by atoms with Crippen molar-refractivity contribution in [3.8, 4) is 0 Å². The molecule has 10 unspecified atom stereocenters. The number of ether oxygens (including phenoxy) is 2. The van der Waals surface area contributed by atoms with Gasteiger partial charge in [-0.3, -0.25) is 9.59 Å². The summed E-state index contributed by atoms with van der Waals surface area (Å²) < 4.78 is 11.1. The van der Waals surface area contributed by atoms with Crippen LogP contribution in [0, 0.1) is 23.7 Å². The molecule has 0 saturated heterocycles. The number of carbonyl (C=O) groups excluding carboxylic acids is 2. The zero-order valence-corrected chi connectivity index (χ0v) is 25.0. The Balaban J connectivity index is 3.07. The van der Waals surface area contributed by atoms with Gasteiger partial charge in [0, 0.05) is 12.8 Å². The topological polar surface area (TPSA) is 134 Å². The maximum Gasteiger partial charge on any atom is 0.309 e. The summed E-state index contributed by atoms with van der Waals surface area (Å²) in [6.07, 6.45) is 6.85. The molecule has 0 aromatic carbocycles. The van der Waals surface area contributed by atoms with Gasteiger partial charge in [-0.05, 0) is 68.9 Å². The van der Waals surface area contributed by atoms with Crippen molar-refractivity contribution in [1.29, 1.82) is 0 Å². The van der Waals surface area contributed by atoms with Crippen molar-refractivity contribution in [2.24, 2.45) is 23.7 Å². The molecule has 8 nitrogen and oxygen atoms in total. The predicted octanol–water partition coefficient (Wildman–Crippen LogP) is 4.25. The number of aliphatic hydroxyl groups excluding tert-OH is 3. The van der Waals surface area contributed by atoms with Gasteiger partial charge in [-0.2, -0.15) is 0 Å². The van der Waals surface area contributed by atoms with Crippen molar-refractivity contribution in [3.05, 3.63) is 36.0 Å². The Bertz CT molecular complexity index is 861. The Labute approximate surface area is 234 Å². The van der Waals surface area contributed by atoms with Gasteiger partial charge in [0.15, 0.2) is 0 Å². The SMILES string of the molecule is CCC(O)C(C)C(C)C(O)CC(C)C=CC=C(C)C1OC(=O)CC(O)CCC(C)(O)C(OC(C)=O)C=CC1C. The molecule has 1 rings (SSSR count). The van der Waals surface area contributed by atoms with Crippen molar-refractivity contribution >= 4 is 11.9 Å². The quantitative estimate of drug-likeness (QED) is 0.180. The lowest BCUT2D eigenvalue weighted by atomic mass is 9.82. The molecule has 0 spiro atoms. The third-order valence-corrected chi connectivity index (χ3v) is 7.94. The minimum Gasteiger partial charge on any atom is -0.457 e. The van der Waals surface area contributed by atoms with E-state index in [1.807, 2.05) is 59.8 Å². The van der Waals surface area contributed by atoms with Crippen LogP contribution in [0.2, 0.25) is 0 Å². The smallest absolute Gasteiger partial charge is 0.309 e. The normalized spacial score (nSPS) is 31.4. The number of hydrogen-bond acceptors (Lipinski definition) is 8. The molecule has 0 fully saturated rings. The lowest BCUT2D eigenvalue weighted by Gasteiger charge is -2.32. The molecule has 1 heterocycles. The van der Waals surface area contributed by atoms with Crippen LogP contribution in [0.25, 0.3) is 0 Å². The number of esters is 2. The van der Waals surface area contributed by atoms with Crippen LogP contribution < -0.4 is 0 Å². The van der Waals surface area contributed by atoms with Crippen LogP contribution in [-0.4, -0.2) is 68.5 Å². The highest BCUT2D eigenvalue weighted by molar-refractivity contribution is 5.70. The minimum absolute atomic E-state index is 0.00342. The number of cyclic esters (lactones) is 1. The first-order valence-electron chi connectivity index (χ1n) is 14.3. The zero-order valence-electron chi connectivity index (χ0n) is 25.0. The summed E-state index contributed by atoms with van der Waals surface area (Å²) in [6.45, 7) is 14.4. The van der Waals surface area contributed by atoms with Gasteiger partial charge in [-0.25, -0.2) is 0 Å². The second-order valence-corrected chi connectivity index (χ2v) is 11.7. The van der Waals surface area contributed by atoms with E-state index in [1.165, 1.54) is 6.92 Å². The summed E-state index contributed by atoms with van der Waals surface area (Å²) in [7, 11) is 0. The number of hydrogen-bond donors (Lipinski definition) is 4.